The summed E-state index contributed by atoms with van der Waals surface area (Å²) in [5.74, 6) is 6.43. The Labute approximate surface area is 123 Å². The minimum atomic E-state index is 0.422. The number of hydrazine groups is 1. The first-order valence-corrected chi connectivity index (χ1v) is 8.35. The molecule has 0 spiro atoms. The Hall–Kier alpha value is -0.810. The monoisotopic (exact) mass is 281 g/mol. The molecule has 2 aliphatic rings. The van der Waals surface area contributed by atoms with Gasteiger partial charge in [0.1, 0.15) is 0 Å². The molecule has 0 aromatic heterocycles. The summed E-state index contributed by atoms with van der Waals surface area (Å²) in [7, 11) is 0. The fourth-order valence-corrected chi connectivity index (χ4v) is 3.33. The van der Waals surface area contributed by atoms with Gasteiger partial charge in [-0.15, -0.1) is 0 Å². The third kappa shape index (κ3) is 4.94. The molecule has 4 N–H and O–H groups in total. The fourth-order valence-electron chi connectivity index (χ4n) is 3.33. The molecule has 5 heteroatoms. The van der Waals surface area contributed by atoms with Crippen molar-refractivity contribution in [1.29, 1.82) is 0 Å². The number of likely N-dealkylation sites (tertiary alicyclic amines) is 1. The van der Waals surface area contributed by atoms with Gasteiger partial charge in [-0.2, -0.15) is 0 Å². The maximum Gasteiger partial charge on any atom is 0.206 e. The molecule has 1 saturated carbocycles. The highest BCUT2D eigenvalue weighted by Crippen LogP contribution is 2.18. The van der Waals surface area contributed by atoms with Crippen molar-refractivity contribution >= 4 is 5.96 Å². The molecule has 5 nitrogen and oxygen atoms in total. The average molecular weight is 281 g/mol. The SMILES string of the molecule is CCCN1CCC(N=C(NN)NC2CCCCC2)CC1. The van der Waals surface area contributed by atoms with Crippen LogP contribution in [0, 0.1) is 0 Å². The second-order valence-electron chi connectivity index (χ2n) is 6.17. The first-order chi connectivity index (χ1) is 9.81. The molecule has 2 fully saturated rings. The van der Waals surface area contributed by atoms with Crippen LogP contribution in [0.25, 0.3) is 0 Å². The summed E-state index contributed by atoms with van der Waals surface area (Å²) in [6.07, 6.45) is 10.1. The Morgan fingerprint density at radius 2 is 1.85 bits per heavy atom. The molecule has 0 aromatic rings. The van der Waals surface area contributed by atoms with Gasteiger partial charge >= 0.3 is 0 Å². The predicted octanol–water partition coefficient (Wildman–Crippen LogP) is 1.60. The number of rotatable bonds is 4. The van der Waals surface area contributed by atoms with Gasteiger partial charge < -0.3 is 10.2 Å². The van der Waals surface area contributed by atoms with Crippen molar-refractivity contribution < 1.29 is 0 Å². The van der Waals surface area contributed by atoms with E-state index >= 15 is 0 Å². The smallest absolute Gasteiger partial charge is 0.206 e. The van der Waals surface area contributed by atoms with Gasteiger partial charge in [0.15, 0.2) is 0 Å². The minimum absolute atomic E-state index is 0.422. The first kappa shape index (κ1) is 15.6. The normalized spacial score (nSPS) is 23.8. The number of hydrogen-bond donors (Lipinski definition) is 3. The average Bonchev–Trinajstić information content (AvgIpc) is 2.50. The van der Waals surface area contributed by atoms with Crippen LogP contribution in [0.2, 0.25) is 0 Å². The van der Waals surface area contributed by atoms with Crippen LogP contribution in [0.3, 0.4) is 0 Å². The molecule has 116 valence electrons. The summed E-state index contributed by atoms with van der Waals surface area (Å²) in [5, 5.41) is 3.49. The highest BCUT2D eigenvalue weighted by atomic mass is 15.3. The molecule has 0 atom stereocenters. The van der Waals surface area contributed by atoms with Crippen LogP contribution in [-0.2, 0) is 0 Å². The van der Waals surface area contributed by atoms with Gasteiger partial charge in [0.2, 0.25) is 5.96 Å². The third-order valence-electron chi connectivity index (χ3n) is 4.49. The molecule has 1 aliphatic carbocycles. The Balaban J connectivity index is 1.78. The molecular weight excluding hydrogens is 250 g/mol. The van der Waals surface area contributed by atoms with Gasteiger partial charge in [0, 0.05) is 19.1 Å². The quantitative estimate of drug-likeness (QED) is 0.317. The van der Waals surface area contributed by atoms with Crippen LogP contribution < -0.4 is 16.6 Å². The molecule has 0 radical (unpaired) electrons. The second-order valence-corrected chi connectivity index (χ2v) is 6.17. The maximum absolute atomic E-state index is 5.63. The Kier molecular flexibility index (Phi) is 6.60. The van der Waals surface area contributed by atoms with E-state index in [0.29, 0.717) is 12.1 Å². The Morgan fingerprint density at radius 1 is 1.15 bits per heavy atom. The first-order valence-electron chi connectivity index (χ1n) is 8.35. The minimum Gasteiger partial charge on any atom is -0.353 e. The van der Waals surface area contributed by atoms with Crippen molar-refractivity contribution in [2.24, 2.45) is 10.8 Å². The zero-order valence-electron chi connectivity index (χ0n) is 12.9. The van der Waals surface area contributed by atoms with Crippen molar-refractivity contribution in [3.8, 4) is 0 Å². The molecule has 0 bridgehead atoms. The lowest BCUT2D eigenvalue weighted by atomic mass is 9.96. The number of aliphatic imine (C=N–C) groups is 1. The van der Waals surface area contributed by atoms with Crippen LogP contribution >= 0.6 is 0 Å². The van der Waals surface area contributed by atoms with Gasteiger partial charge in [-0.25, -0.2) is 10.8 Å². The summed E-state index contributed by atoms with van der Waals surface area (Å²) in [6.45, 7) is 5.81. The van der Waals surface area contributed by atoms with Crippen LogP contribution in [0.4, 0.5) is 0 Å². The molecule has 2 rings (SSSR count). The molecule has 0 unspecified atom stereocenters. The van der Waals surface area contributed by atoms with E-state index in [-0.39, 0.29) is 0 Å². The van der Waals surface area contributed by atoms with E-state index in [4.69, 9.17) is 10.8 Å². The highest BCUT2D eigenvalue weighted by Gasteiger charge is 2.19. The molecule has 20 heavy (non-hydrogen) atoms. The van der Waals surface area contributed by atoms with Gasteiger partial charge in [0.05, 0.1) is 6.04 Å². The standard InChI is InChI=1S/C15H31N5/c1-2-10-20-11-8-14(9-12-20)18-15(19-16)17-13-6-4-3-5-7-13/h13-14H,2-12,16H2,1H3,(H2,17,18,19). The lowest BCUT2D eigenvalue weighted by Gasteiger charge is -2.30. The van der Waals surface area contributed by atoms with Crippen molar-refractivity contribution in [3.05, 3.63) is 0 Å². The number of guanidine groups is 1. The van der Waals surface area contributed by atoms with Crippen molar-refractivity contribution in [2.75, 3.05) is 19.6 Å². The number of nitrogens with one attached hydrogen (secondary N) is 2. The summed E-state index contributed by atoms with van der Waals surface area (Å²) in [6, 6.07) is 0.976. The zero-order valence-corrected chi connectivity index (χ0v) is 12.9. The van der Waals surface area contributed by atoms with Gasteiger partial charge in [-0.1, -0.05) is 26.2 Å². The zero-order chi connectivity index (χ0) is 14.2. The van der Waals surface area contributed by atoms with E-state index in [0.717, 1.165) is 18.8 Å². The molecule has 1 saturated heterocycles. The van der Waals surface area contributed by atoms with Gasteiger partial charge in [-0.05, 0) is 38.6 Å². The molecule has 1 heterocycles. The Morgan fingerprint density at radius 3 is 2.45 bits per heavy atom. The predicted molar refractivity (Wildman–Crippen MR) is 84.5 cm³/mol. The topological polar surface area (TPSA) is 65.7 Å². The summed E-state index contributed by atoms with van der Waals surface area (Å²) >= 11 is 0. The van der Waals surface area contributed by atoms with E-state index in [1.54, 1.807) is 0 Å². The van der Waals surface area contributed by atoms with E-state index in [9.17, 15) is 0 Å². The second kappa shape index (κ2) is 8.47. The molecule has 1 aliphatic heterocycles. The summed E-state index contributed by atoms with van der Waals surface area (Å²) < 4.78 is 0. The van der Waals surface area contributed by atoms with Crippen molar-refractivity contribution in [2.45, 2.75) is 70.4 Å². The number of piperidine rings is 1. The third-order valence-corrected chi connectivity index (χ3v) is 4.49. The van der Waals surface area contributed by atoms with Crippen LogP contribution in [0.1, 0.15) is 58.3 Å². The van der Waals surface area contributed by atoms with Crippen molar-refractivity contribution in [3.63, 3.8) is 0 Å². The van der Waals surface area contributed by atoms with E-state index < -0.39 is 0 Å². The van der Waals surface area contributed by atoms with Gasteiger partial charge in [0.25, 0.3) is 0 Å². The number of hydrogen-bond acceptors (Lipinski definition) is 3. The number of nitrogens with two attached hydrogens (primary N) is 1. The van der Waals surface area contributed by atoms with Gasteiger partial charge in [-0.3, -0.25) is 5.43 Å². The summed E-state index contributed by atoms with van der Waals surface area (Å²) in [4.78, 5) is 7.32. The molecule has 0 amide bonds. The lowest BCUT2D eigenvalue weighted by Crippen LogP contribution is -2.48. The lowest BCUT2D eigenvalue weighted by molar-refractivity contribution is 0.214. The van der Waals surface area contributed by atoms with Crippen molar-refractivity contribution in [1.82, 2.24) is 15.6 Å². The van der Waals surface area contributed by atoms with Crippen LogP contribution in [0.15, 0.2) is 4.99 Å². The summed E-state index contributed by atoms with van der Waals surface area (Å²) in [5.41, 5.74) is 2.76. The maximum atomic E-state index is 5.63. The molecular formula is C15H31N5. The Bertz CT molecular complexity index is 291. The van der Waals surface area contributed by atoms with E-state index in [1.165, 1.54) is 58.2 Å². The van der Waals surface area contributed by atoms with E-state index in [2.05, 4.69) is 22.6 Å². The molecule has 0 aromatic carbocycles. The largest absolute Gasteiger partial charge is 0.353 e. The highest BCUT2D eigenvalue weighted by molar-refractivity contribution is 5.79. The van der Waals surface area contributed by atoms with Crippen LogP contribution in [0.5, 0.6) is 0 Å². The number of nitrogens with zero attached hydrogens (tertiary/aromatic N) is 2. The van der Waals surface area contributed by atoms with Crippen LogP contribution in [-0.4, -0.2) is 42.6 Å². The van der Waals surface area contributed by atoms with E-state index in [1.807, 2.05) is 0 Å². The fraction of sp³-hybridized carbons (Fsp3) is 0.933.